The second-order valence-electron chi connectivity index (χ2n) is 5.53. The highest BCUT2D eigenvalue weighted by atomic mass is 127. The molecule has 0 saturated carbocycles. The molecule has 0 aliphatic carbocycles. The summed E-state index contributed by atoms with van der Waals surface area (Å²) in [5.41, 5.74) is 1.03. The van der Waals surface area contributed by atoms with Crippen LogP contribution in [0.15, 0.2) is 29.1 Å². The van der Waals surface area contributed by atoms with Gasteiger partial charge in [-0.3, -0.25) is 9.88 Å². The molecule has 0 bridgehead atoms. The van der Waals surface area contributed by atoms with Crippen molar-refractivity contribution in [3.8, 4) is 0 Å². The maximum atomic E-state index is 11.7. The highest BCUT2D eigenvalue weighted by Crippen LogP contribution is 2.34. The third-order valence-electron chi connectivity index (χ3n) is 2.86. The monoisotopic (exact) mass is 401 g/mol. The summed E-state index contributed by atoms with van der Waals surface area (Å²) in [5, 5.41) is 9.57. The number of pyridine rings is 1. The van der Waals surface area contributed by atoms with Crippen molar-refractivity contribution in [3.05, 3.63) is 39.9 Å². The average Bonchev–Trinajstić information content (AvgIpc) is 2.87. The van der Waals surface area contributed by atoms with Gasteiger partial charge in [0.15, 0.2) is 0 Å². The zero-order chi connectivity index (χ0) is 15.6. The van der Waals surface area contributed by atoms with Crippen molar-refractivity contribution in [3.63, 3.8) is 0 Å². The summed E-state index contributed by atoms with van der Waals surface area (Å²) in [4.78, 5) is 21.3. The van der Waals surface area contributed by atoms with Crippen LogP contribution in [0.5, 0.6) is 0 Å². The van der Waals surface area contributed by atoms with Gasteiger partial charge < -0.3 is 9.52 Å². The standard InChI is InChI=1S/C14H16IN3O3/c1-14(2,3)12-11(9(15)4-5-17-12)18(13(19)20)8-10-16-6-7-21-10/h4-7H,8H2,1-3H3,(H,19,20). The number of hydrogen-bond donors (Lipinski definition) is 1. The Morgan fingerprint density at radius 3 is 2.62 bits per heavy atom. The Balaban J connectivity index is 2.52. The summed E-state index contributed by atoms with van der Waals surface area (Å²) in [6, 6.07) is 1.79. The summed E-state index contributed by atoms with van der Waals surface area (Å²) in [6.45, 7) is 6.05. The predicted molar refractivity (Wildman–Crippen MR) is 86.4 cm³/mol. The first-order valence-corrected chi connectivity index (χ1v) is 7.42. The lowest BCUT2D eigenvalue weighted by Crippen LogP contribution is -2.32. The Hall–Kier alpha value is -1.64. The lowest BCUT2D eigenvalue weighted by Gasteiger charge is -2.27. The molecule has 21 heavy (non-hydrogen) atoms. The zero-order valence-electron chi connectivity index (χ0n) is 12.0. The van der Waals surface area contributed by atoms with Gasteiger partial charge in [-0.2, -0.15) is 0 Å². The van der Waals surface area contributed by atoms with E-state index in [4.69, 9.17) is 4.42 Å². The van der Waals surface area contributed by atoms with Crippen LogP contribution in [0.3, 0.4) is 0 Å². The first-order valence-electron chi connectivity index (χ1n) is 6.34. The summed E-state index contributed by atoms with van der Waals surface area (Å²) in [5.74, 6) is 0.344. The van der Waals surface area contributed by atoms with Gasteiger partial charge in [0.1, 0.15) is 12.8 Å². The molecule has 7 heteroatoms. The third kappa shape index (κ3) is 3.52. The van der Waals surface area contributed by atoms with Gasteiger partial charge in [0, 0.05) is 15.2 Å². The van der Waals surface area contributed by atoms with Crippen LogP contribution >= 0.6 is 22.6 Å². The number of aromatic nitrogens is 2. The molecule has 0 aromatic carbocycles. The maximum Gasteiger partial charge on any atom is 0.412 e. The molecule has 1 N–H and O–H groups in total. The number of anilines is 1. The highest BCUT2D eigenvalue weighted by molar-refractivity contribution is 14.1. The van der Waals surface area contributed by atoms with Crippen molar-refractivity contribution >= 4 is 34.4 Å². The average molecular weight is 401 g/mol. The molecule has 112 valence electrons. The van der Waals surface area contributed by atoms with E-state index in [1.807, 2.05) is 20.8 Å². The minimum Gasteiger partial charge on any atom is -0.465 e. The Kier molecular flexibility index (Phi) is 4.50. The SMILES string of the molecule is CC(C)(C)c1nccc(I)c1N(Cc1ncco1)C(=O)O. The molecule has 6 nitrogen and oxygen atoms in total. The van der Waals surface area contributed by atoms with E-state index in [2.05, 4.69) is 32.6 Å². The molecule has 0 atom stereocenters. The van der Waals surface area contributed by atoms with Crippen molar-refractivity contribution in [2.75, 3.05) is 4.90 Å². The fourth-order valence-corrected chi connectivity index (χ4v) is 2.65. The molecule has 2 aromatic rings. The van der Waals surface area contributed by atoms with Crippen LogP contribution in [0.25, 0.3) is 0 Å². The van der Waals surface area contributed by atoms with Gasteiger partial charge in [-0.05, 0) is 28.7 Å². The van der Waals surface area contributed by atoms with Gasteiger partial charge in [0.25, 0.3) is 0 Å². The number of oxazole rings is 1. The molecule has 0 aliphatic rings. The predicted octanol–water partition coefficient (Wildman–Crippen LogP) is 3.66. The Morgan fingerprint density at radius 1 is 1.38 bits per heavy atom. The van der Waals surface area contributed by atoms with E-state index in [0.29, 0.717) is 11.6 Å². The van der Waals surface area contributed by atoms with E-state index in [-0.39, 0.29) is 12.0 Å². The number of amides is 1. The van der Waals surface area contributed by atoms with E-state index >= 15 is 0 Å². The number of carboxylic acid groups (broad SMARTS) is 1. The number of carbonyl (C=O) groups is 1. The van der Waals surface area contributed by atoms with Crippen LogP contribution in [0, 0.1) is 3.57 Å². The lowest BCUT2D eigenvalue weighted by atomic mass is 9.90. The molecule has 0 fully saturated rings. The minimum atomic E-state index is -1.07. The normalized spacial score (nSPS) is 11.4. The van der Waals surface area contributed by atoms with Crippen LogP contribution in [0.4, 0.5) is 10.5 Å². The van der Waals surface area contributed by atoms with Crippen molar-refractivity contribution in [1.82, 2.24) is 9.97 Å². The van der Waals surface area contributed by atoms with Crippen LogP contribution in [-0.4, -0.2) is 21.2 Å². The molecule has 0 unspecified atom stereocenters. The molecule has 2 heterocycles. The second-order valence-corrected chi connectivity index (χ2v) is 6.70. The third-order valence-corrected chi connectivity index (χ3v) is 3.73. The fraction of sp³-hybridized carbons (Fsp3) is 0.357. The summed E-state index contributed by atoms with van der Waals surface area (Å²) in [7, 11) is 0. The van der Waals surface area contributed by atoms with Gasteiger partial charge in [-0.1, -0.05) is 20.8 Å². The van der Waals surface area contributed by atoms with Gasteiger partial charge in [0.2, 0.25) is 5.89 Å². The van der Waals surface area contributed by atoms with Crippen molar-refractivity contribution < 1.29 is 14.3 Å². The molecule has 0 spiro atoms. The van der Waals surface area contributed by atoms with Crippen molar-refractivity contribution in [1.29, 1.82) is 0 Å². The van der Waals surface area contributed by atoms with Gasteiger partial charge >= 0.3 is 6.09 Å². The molecule has 0 radical (unpaired) electrons. The number of rotatable bonds is 3. The molecular weight excluding hydrogens is 385 g/mol. The molecule has 2 aromatic heterocycles. The van der Waals surface area contributed by atoms with Crippen molar-refractivity contribution in [2.45, 2.75) is 32.7 Å². The molecular formula is C14H16IN3O3. The van der Waals surface area contributed by atoms with Crippen molar-refractivity contribution in [2.24, 2.45) is 0 Å². The first kappa shape index (κ1) is 15.7. The summed E-state index contributed by atoms with van der Waals surface area (Å²) >= 11 is 2.12. The number of nitrogens with zero attached hydrogens (tertiary/aromatic N) is 3. The largest absolute Gasteiger partial charge is 0.465 e. The van der Waals surface area contributed by atoms with E-state index in [1.54, 1.807) is 12.3 Å². The minimum absolute atomic E-state index is 0.0487. The van der Waals surface area contributed by atoms with E-state index in [1.165, 1.54) is 17.4 Å². The highest BCUT2D eigenvalue weighted by Gasteiger charge is 2.28. The number of halogens is 1. The van der Waals surface area contributed by atoms with Crippen LogP contribution in [0.2, 0.25) is 0 Å². The number of hydrogen-bond acceptors (Lipinski definition) is 4. The van der Waals surface area contributed by atoms with Gasteiger partial charge in [-0.15, -0.1) is 0 Å². The van der Waals surface area contributed by atoms with E-state index < -0.39 is 6.09 Å². The molecule has 2 rings (SSSR count). The maximum absolute atomic E-state index is 11.7. The smallest absolute Gasteiger partial charge is 0.412 e. The van der Waals surface area contributed by atoms with E-state index in [9.17, 15) is 9.90 Å². The topological polar surface area (TPSA) is 79.5 Å². The zero-order valence-corrected chi connectivity index (χ0v) is 14.2. The lowest BCUT2D eigenvalue weighted by molar-refractivity contribution is 0.200. The van der Waals surface area contributed by atoms with Crippen LogP contribution in [0.1, 0.15) is 32.4 Å². The van der Waals surface area contributed by atoms with Gasteiger partial charge in [-0.25, -0.2) is 9.78 Å². The van der Waals surface area contributed by atoms with Crippen LogP contribution < -0.4 is 4.90 Å². The van der Waals surface area contributed by atoms with E-state index in [0.717, 1.165) is 9.26 Å². The fourth-order valence-electron chi connectivity index (χ4n) is 1.94. The quantitative estimate of drug-likeness (QED) is 0.795. The summed E-state index contributed by atoms with van der Waals surface area (Å²) < 4.78 is 5.98. The molecule has 0 aliphatic heterocycles. The summed E-state index contributed by atoms with van der Waals surface area (Å²) in [6.07, 6.45) is 3.55. The molecule has 0 saturated heterocycles. The molecule has 1 amide bonds. The Morgan fingerprint density at radius 2 is 2.10 bits per heavy atom. The Labute approximate surface area is 136 Å². The Bertz CT molecular complexity index is 635. The van der Waals surface area contributed by atoms with Crippen LogP contribution in [-0.2, 0) is 12.0 Å². The first-order chi connectivity index (χ1) is 9.80. The second kappa shape index (κ2) is 6.00. The van der Waals surface area contributed by atoms with Gasteiger partial charge in [0.05, 0.1) is 17.6 Å².